The Balaban J connectivity index is 3.90. The van der Waals surface area contributed by atoms with Crippen molar-refractivity contribution >= 4 is 0 Å². The van der Waals surface area contributed by atoms with Crippen LogP contribution >= 0.6 is 0 Å². The Labute approximate surface area is 74.0 Å². The molecule has 0 spiro atoms. The minimum absolute atomic E-state index is 0.0314. The average molecular weight is 176 g/mol. The summed E-state index contributed by atoms with van der Waals surface area (Å²) in [5, 5.41) is 27.5. The molecule has 3 atom stereocenters. The Morgan fingerprint density at radius 2 is 1.58 bits per heavy atom. The smallest absolute Gasteiger partial charge is 0.0613 e. The molecule has 3 N–H and O–H groups in total. The van der Waals surface area contributed by atoms with E-state index >= 15 is 0 Å². The van der Waals surface area contributed by atoms with Crippen LogP contribution in [0.2, 0.25) is 0 Å². The van der Waals surface area contributed by atoms with Gasteiger partial charge in [-0.3, -0.25) is 0 Å². The van der Waals surface area contributed by atoms with E-state index in [9.17, 15) is 10.2 Å². The molecule has 3 nitrogen and oxygen atoms in total. The summed E-state index contributed by atoms with van der Waals surface area (Å²) < 4.78 is 0. The summed E-state index contributed by atoms with van der Waals surface area (Å²) >= 11 is 0. The molecule has 0 saturated heterocycles. The van der Waals surface area contributed by atoms with Crippen LogP contribution in [0.1, 0.15) is 27.2 Å². The molecule has 0 saturated carbocycles. The summed E-state index contributed by atoms with van der Waals surface area (Å²) in [5.41, 5.74) is 0. The zero-order chi connectivity index (χ0) is 9.72. The normalized spacial score (nSPS) is 19.2. The molecule has 0 aliphatic carbocycles. The highest BCUT2D eigenvalue weighted by atomic mass is 16.3. The fraction of sp³-hybridized carbons (Fsp3) is 1.00. The SMILES string of the molecule is CC(C)[C@@H](O)[C@@H](C)[C@H](O)CCO. The molecule has 0 aliphatic heterocycles. The molecular formula is C9H20O3. The first-order chi connectivity index (χ1) is 5.50. The van der Waals surface area contributed by atoms with Crippen molar-refractivity contribution in [2.24, 2.45) is 11.8 Å². The molecule has 0 aliphatic rings. The third-order valence-corrected chi connectivity index (χ3v) is 2.25. The van der Waals surface area contributed by atoms with Crippen LogP contribution in [-0.2, 0) is 0 Å². The Morgan fingerprint density at radius 1 is 1.08 bits per heavy atom. The van der Waals surface area contributed by atoms with Crippen LogP contribution in [0.4, 0.5) is 0 Å². The lowest BCUT2D eigenvalue weighted by Gasteiger charge is -2.26. The molecule has 3 heteroatoms. The van der Waals surface area contributed by atoms with Gasteiger partial charge < -0.3 is 15.3 Å². The van der Waals surface area contributed by atoms with Gasteiger partial charge in [-0.15, -0.1) is 0 Å². The van der Waals surface area contributed by atoms with Gasteiger partial charge in [0.15, 0.2) is 0 Å². The highest BCUT2D eigenvalue weighted by molar-refractivity contribution is 4.74. The van der Waals surface area contributed by atoms with Gasteiger partial charge in [-0.25, -0.2) is 0 Å². The van der Waals surface area contributed by atoms with E-state index < -0.39 is 12.2 Å². The van der Waals surface area contributed by atoms with E-state index in [1.54, 1.807) is 6.92 Å². The first kappa shape index (κ1) is 11.9. The molecule has 0 unspecified atom stereocenters. The van der Waals surface area contributed by atoms with E-state index in [0.29, 0.717) is 6.42 Å². The molecule has 0 rings (SSSR count). The summed E-state index contributed by atoms with van der Waals surface area (Å²) in [5.74, 6) is -0.0227. The van der Waals surface area contributed by atoms with Crippen molar-refractivity contribution in [3.63, 3.8) is 0 Å². The van der Waals surface area contributed by atoms with Gasteiger partial charge >= 0.3 is 0 Å². The van der Waals surface area contributed by atoms with Gasteiger partial charge in [-0.05, 0) is 12.3 Å². The van der Waals surface area contributed by atoms with E-state index in [1.165, 1.54) is 0 Å². The quantitative estimate of drug-likeness (QED) is 0.567. The Hall–Kier alpha value is -0.120. The molecule has 0 fully saturated rings. The lowest BCUT2D eigenvalue weighted by molar-refractivity contribution is -0.0111. The number of hydrogen-bond donors (Lipinski definition) is 3. The molecule has 0 heterocycles. The fourth-order valence-electron chi connectivity index (χ4n) is 1.23. The molecule has 12 heavy (non-hydrogen) atoms. The van der Waals surface area contributed by atoms with Crippen molar-refractivity contribution in [3.05, 3.63) is 0 Å². The van der Waals surface area contributed by atoms with Gasteiger partial charge in [0.25, 0.3) is 0 Å². The second-order valence-corrected chi connectivity index (χ2v) is 3.67. The van der Waals surface area contributed by atoms with Crippen LogP contribution in [-0.4, -0.2) is 34.1 Å². The van der Waals surface area contributed by atoms with Crippen molar-refractivity contribution in [1.29, 1.82) is 0 Å². The van der Waals surface area contributed by atoms with E-state index in [-0.39, 0.29) is 18.4 Å². The van der Waals surface area contributed by atoms with Crippen LogP contribution in [0.15, 0.2) is 0 Å². The first-order valence-corrected chi connectivity index (χ1v) is 4.47. The maximum absolute atomic E-state index is 9.55. The highest BCUT2D eigenvalue weighted by Gasteiger charge is 2.24. The molecule has 0 amide bonds. The zero-order valence-electron chi connectivity index (χ0n) is 8.07. The highest BCUT2D eigenvalue weighted by Crippen LogP contribution is 2.17. The largest absolute Gasteiger partial charge is 0.396 e. The third kappa shape index (κ3) is 3.52. The van der Waals surface area contributed by atoms with Crippen molar-refractivity contribution in [2.45, 2.75) is 39.4 Å². The van der Waals surface area contributed by atoms with Gasteiger partial charge in [0.1, 0.15) is 0 Å². The second kappa shape index (κ2) is 5.51. The summed E-state index contributed by atoms with van der Waals surface area (Å²) in [6, 6.07) is 0. The minimum atomic E-state index is -0.604. The minimum Gasteiger partial charge on any atom is -0.396 e. The maximum Gasteiger partial charge on any atom is 0.0613 e. The first-order valence-electron chi connectivity index (χ1n) is 4.47. The Kier molecular flexibility index (Phi) is 5.46. The van der Waals surface area contributed by atoms with Crippen molar-refractivity contribution < 1.29 is 15.3 Å². The van der Waals surface area contributed by atoms with Gasteiger partial charge in [-0.1, -0.05) is 20.8 Å². The number of aliphatic hydroxyl groups is 3. The zero-order valence-corrected chi connectivity index (χ0v) is 8.07. The Bertz CT molecular complexity index is 114. The van der Waals surface area contributed by atoms with Crippen LogP contribution in [0, 0.1) is 11.8 Å². The molecule has 0 aromatic rings. The third-order valence-electron chi connectivity index (χ3n) is 2.25. The molecule has 0 bridgehead atoms. The second-order valence-electron chi connectivity index (χ2n) is 3.67. The van der Waals surface area contributed by atoms with Crippen LogP contribution in [0.25, 0.3) is 0 Å². The number of aliphatic hydroxyl groups excluding tert-OH is 3. The van der Waals surface area contributed by atoms with E-state index in [2.05, 4.69) is 0 Å². The van der Waals surface area contributed by atoms with Crippen molar-refractivity contribution in [3.8, 4) is 0 Å². The van der Waals surface area contributed by atoms with E-state index in [4.69, 9.17) is 5.11 Å². The van der Waals surface area contributed by atoms with Crippen LogP contribution in [0.3, 0.4) is 0 Å². The van der Waals surface area contributed by atoms with Gasteiger partial charge in [0.2, 0.25) is 0 Å². The summed E-state index contributed by atoms with van der Waals surface area (Å²) in [6.07, 6.45) is -0.760. The predicted molar refractivity (Wildman–Crippen MR) is 47.7 cm³/mol. The topological polar surface area (TPSA) is 60.7 Å². The number of rotatable bonds is 5. The number of hydrogen-bond acceptors (Lipinski definition) is 3. The molecule has 0 aromatic heterocycles. The van der Waals surface area contributed by atoms with E-state index in [0.717, 1.165) is 0 Å². The summed E-state index contributed by atoms with van der Waals surface area (Å²) in [7, 11) is 0. The summed E-state index contributed by atoms with van der Waals surface area (Å²) in [6.45, 7) is 5.58. The monoisotopic (exact) mass is 176 g/mol. The molecule has 74 valence electrons. The van der Waals surface area contributed by atoms with Crippen LogP contribution in [0.5, 0.6) is 0 Å². The van der Waals surface area contributed by atoms with Crippen molar-refractivity contribution in [2.75, 3.05) is 6.61 Å². The lowest BCUT2D eigenvalue weighted by atomic mass is 9.89. The van der Waals surface area contributed by atoms with Gasteiger partial charge in [-0.2, -0.15) is 0 Å². The van der Waals surface area contributed by atoms with Crippen LogP contribution < -0.4 is 0 Å². The lowest BCUT2D eigenvalue weighted by Crippen LogP contribution is -2.33. The molecule has 0 aromatic carbocycles. The Morgan fingerprint density at radius 3 is 1.92 bits per heavy atom. The van der Waals surface area contributed by atoms with Crippen molar-refractivity contribution in [1.82, 2.24) is 0 Å². The standard InChI is InChI=1S/C9H20O3/c1-6(2)9(12)7(3)8(11)4-5-10/h6-12H,4-5H2,1-3H3/t7-,8+,9+/m0/s1. The fourth-order valence-corrected chi connectivity index (χ4v) is 1.23. The maximum atomic E-state index is 9.55. The summed E-state index contributed by atoms with van der Waals surface area (Å²) in [4.78, 5) is 0. The predicted octanol–water partition coefficient (Wildman–Crippen LogP) is 0.383. The van der Waals surface area contributed by atoms with Gasteiger partial charge in [0.05, 0.1) is 12.2 Å². The molecule has 0 radical (unpaired) electrons. The average Bonchev–Trinajstić information content (AvgIpc) is 2.02. The van der Waals surface area contributed by atoms with Gasteiger partial charge in [0, 0.05) is 12.5 Å². The van der Waals surface area contributed by atoms with E-state index in [1.807, 2.05) is 13.8 Å². The molecular weight excluding hydrogens is 156 g/mol.